The fourth-order valence-electron chi connectivity index (χ4n) is 1.75. The Hall–Kier alpha value is -2.16. The molecule has 1 aromatic heterocycles. The zero-order chi connectivity index (χ0) is 11.5. The molecule has 0 saturated carbocycles. The normalized spacial score (nSPS) is 10.1. The zero-order valence-corrected chi connectivity index (χ0v) is 8.88. The third-order valence-corrected chi connectivity index (χ3v) is 2.61. The molecule has 0 saturated heterocycles. The Balaban J connectivity index is 2.63. The molecule has 80 valence electrons. The Labute approximate surface area is 93.3 Å². The smallest absolute Gasteiger partial charge is 0.152 e. The van der Waals surface area contributed by atoms with Crippen molar-refractivity contribution in [2.24, 2.45) is 0 Å². The highest BCUT2D eigenvalue weighted by molar-refractivity contribution is 5.91. The van der Waals surface area contributed by atoms with Crippen LogP contribution in [0.3, 0.4) is 0 Å². The number of nitrogens with zero attached hydrogens (tertiary/aromatic N) is 1. The van der Waals surface area contributed by atoms with Crippen molar-refractivity contribution in [2.45, 2.75) is 6.92 Å². The number of hydrogen-bond acceptors (Lipinski definition) is 2. The van der Waals surface area contributed by atoms with Crippen LogP contribution in [0, 0.1) is 6.92 Å². The first-order chi connectivity index (χ1) is 7.77. The van der Waals surface area contributed by atoms with Gasteiger partial charge in [0.25, 0.3) is 0 Å². The van der Waals surface area contributed by atoms with Gasteiger partial charge in [-0.15, -0.1) is 0 Å². The lowest BCUT2D eigenvalue weighted by Gasteiger charge is -2.05. The maximum Gasteiger partial charge on any atom is 0.152 e. The van der Waals surface area contributed by atoms with Crippen LogP contribution in [0.4, 0.5) is 0 Å². The van der Waals surface area contributed by atoms with Gasteiger partial charge in [0.1, 0.15) is 0 Å². The number of para-hydroxylation sites is 1. The van der Waals surface area contributed by atoms with E-state index in [1.807, 2.05) is 41.8 Å². The predicted molar refractivity (Wildman–Crippen MR) is 61.3 cm³/mol. The van der Waals surface area contributed by atoms with Crippen molar-refractivity contribution in [2.75, 3.05) is 0 Å². The van der Waals surface area contributed by atoms with Crippen LogP contribution in [0.2, 0.25) is 0 Å². The number of carbonyl (C=O) groups is 2. The maximum atomic E-state index is 10.9. The molecule has 3 heteroatoms. The van der Waals surface area contributed by atoms with Gasteiger partial charge in [0, 0.05) is 28.7 Å². The van der Waals surface area contributed by atoms with E-state index in [9.17, 15) is 9.59 Å². The molecule has 0 fully saturated rings. The second kappa shape index (κ2) is 4.14. The molecule has 0 aliphatic heterocycles. The van der Waals surface area contributed by atoms with Crippen LogP contribution in [0.1, 0.15) is 26.4 Å². The van der Waals surface area contributed by atoms with Gasteiger partial charge in [-0.2, -0.15) is 0 Å². The van der Waals surface area contributed by atoms with Crippen LogP contribution >= 0.6 is 0 Å². The van der Waals surface area contributed by atoms with Gasteiger partial charge in [0.2, 0.25) is 0 Å². The fourth-order valence-corrected chi connectivity index (χ4v) is 1.75. The molecule has 1 heterocycles. The standard InChI is InChI=1S/C13H11NO2/c1-10-13(9-16)11(8-15)7-14(10)12-5-3-2-4-6-12/h2-9H,1H3. The summed E-state index contributed by atoms with van der Waals surface area (Å²) in [4.78, 5) is 21.7. The number of carbonyl (C=O) groups excluding carboxylic acids is 2. The largest absolute Gasteiger partial charge is 0.320 e. The molecular formula is C13H11NO2. The summed E-state index contributed by atoms with van der Waals surface area (Å²) in [5.41, 5.74) is 2.61. The Morgan fingerprint density at radius 3 is 2.25 bits per heavy atom. The van der Waals surface area contributed by atoms with Crippen LogP contribution in [0.25, 0.3) is 5.69 Å². The lowest BCUT2D eigenvalue weighted by molar-refractivity contribution is 0.109. The molecule has 16 heavy (non-hydrogen) atoms. The van der Waals surface area contributed by atoms with E-state index in [2.05, 4.69) is 0 Å². The highest BCUT2D eigenvalue weighted by atomic mass is 16.1. The lowest BCUT2D eigenvalue weighted by atomic mass is 10.2. The van der Waals surface area contributed by atoms with E-state index in [-0.39, 0.29) is 0 Å². The minimum atomic E-state index is 0.427. The van der Waals surface area contributed by atoms with Crippen molar-refractivity contribution in [3.05, 3.63) is 53.3 Å². The first-order valence-corrected chi connectivity index (χ1v) is 4.95. The molecule has 0 amide bonds. The first kappa shape index (κ1) is 10.4. The van der Waals surface area contributed by atoms with E-state index in [1.165, 1.54) is 0 Å². The van der Waals surface area contributed by atoms with Crippen LogP contribution < -0.4 is 0 Å². The molecule has 1 aromatic carbocycles. The van der Waals surface area contributed by atoms with Gasteiger partial charge < -0.3 is 4.57 Å². The Kier molecular flexibility index (Phi) is 2.68. The summed E-state index contributed by atoms with van der Waals surface area (Å²) in [6.45, 7) is 1.82. The molecule has 0 unspecified atom stereocenters. The second-order valence-electron chi connectivity index (χ2n) is 3.52. The number of benzene rings is 1. The summed E-state index contributed by atoms with van der Waals surface area (Å²) in [5.74, 6) is 0. The predicted octanol–water partition coefficient (Wildman–Crippen LogP) is 2.41. The quantitative estimate of drug-likeness (QED) is 0.734. The summed E-state index contributed by atoms with van der Waals surface area (Å²) in [6, 6.07) is 9.60. The van der Waals surface area contributed by atoms with Gasteiger partial charge in [-0.3, -0.25) is 9.59 Å². The van der Waals surface area contributed by atoms with E-state index in [0.717, 1.165) is 17.7 Å². The van der Waals surface area contributed by atoms with Crippen molar-refractivity contribution in [3.8, 4) is 5.69 Å². The molecule has 0 spiro atoms. The number of aldehydes is 2. The van der Waals surface area contributed by atoms with Crippen molar-refractivity contribution in [1.82, 2.24) is 4.57 Å². The summed E-state index contributed by atoms with van der Waals surface area (Å²) in [7, 11) is 0. The van der Waals surface area contributed by atoms with Crippen molar-refractivity contribution in [1.29, 1.82) is 0 Å². The molecule has 0 N–H and O–H groups in total. The van der Waals surface area contributed by atoms with Crippen LogP contribution in [-0.2, 0) is 0 Å². The minimum Gasteiger partial charge on any atom is -0.320 e. The molecular weight excluding hydrogens is 202 g/mol. The number of rotatable bonds is 3. The zero-order valence-electron chi connectivity index (χ0n) is 8.88. The third kappa shape index (κ3) is 1.56. The summed E-state index contributed by atoms with van der Waals surface area (Å²) in [5, 5.41) is 0. The lowest BCUT2D eigenvalue weighted by Crippen LogP contribution is -1.95. The molecule has 2 aromatic rings. The fraction of sp³-hybridized carbons (Fsp3) is 0.0769. The van der Waals surface area contributed by atoms with Crippen LogP contribution in [0.15, 0.2) is 36.5 Å². The van der Waals surface area contributed by atoms with Gasteiger partial charge in [0.05, 0.1) is 0 Å². The second-order valence-corrected chi connectivity index (χ2v) is 3.52. The summed E-state index contributed by atoms with van der Waals surface area (Å²) < 4.78 is 1.84. The van der Waals surface area contributed by atoms with E-state index in [4.69, 9.17) is 0 Å². The molecule has 0 aliphatic carbocycles. The van der Waals surface area contributed by atoms with Crippen molar-refractivity contribution in [3.63, 3.8) is 0 Å². The SMILES string of the molecule is Cc1c(C=O)c(C=O)cn1-c1ccccc1. The van der Waals surface area contributed by atoms with E-state index in [0.29, 0.717) is 17.4 Å². The van der Waals surface area contributed by atoms with Crippen molar-refractivity contribution < 1.29 is 9.59 Å². The molecule has 3 nitrogen and oxygen atoms in total. The Morgan fingerprint density at radius 1 is 1.06 bits per heavy atom. The summed E-state index contributed by atoms with van der Waals surface area (Å²) >= 11 is 0. The molecule has 0 aliphatic rings. The summed E-state index contributed by atoms with van der Waals surface area (Å²) in [6.07, 6.45) is 3.11. The van der Waals surface area contributed by atoms with Crippen molar-refractivity contribution >= 4 is 12.6 Å². The minimum absolute atomic E-state index is 0.427. The average molecular weight is 213 g/mol. The van der Waals surface area contributed by atoms with E-state index in [1.54, 1.807) is 6.20 Å². The molecule has 2 rings (SSSR count). The highest BCUT2D eigenvalue weighted by Crippen LogP contribution is 2.18. The van der Waals surface area contributed by atoms with Crippen LogP contribution in [0.5, 0.6) is 0 Å². The first-order valence-electron chi connectivity index (χ1n) is 4.95. The van der Waals surface area contributed by atoms with E-state index < -0.39 is 0 Å². The number of hydrogen-bond donors (Lipinski definition) is 0. The maximum absolute atomic E-state index is 10.9. The Morgan fingerprint density at radius 2 is 1.75 bits per heavy atom. The van der Waals surface area contributed by atoms with Gasteiger partial charge in [-0.25, -0.2) is 0 Å². The van der Waals surface area contributed by atoms with E-state index >= 15 is 0 Å². The van der Waals surface area contributed by atoms with Gasteiger partial charge in [0.15, 0.2) is 12.6 Å². The highest BCUT2D eigenvalue weighted by Gasteiger charge is 2.11. The van der Waals surface area contributed by atoms with Gasteiger partial charge >= 0.3 is 0 Å². The van der Waals surface area contributed by atoms with Gasteiger partial charge in [-0.1, -0.05) is 18.2 Å². The van der Waals surface area contributed by atoms with Crippen LogP contribution in [-0.4, -0.2) is 17.1 Å². The average Bonchev–Trinajstić information content (AvgIpc) is 2.66. The third-order valence-electron chi connectivity index (χ3n) is 2.61. The molecule has 0 atom stereocenters. The molecule has 0 bridgehead atoms. The Bertz CT molecular complexity index is 526. The monoisotopic (exact) mass is 213 g/mol. The number of aromatic nitrogens is 1. The van der Waals surface area contributed by atoms with Gasteiger partial charge in [-0.05, 0) is 19.1 Å². The topological polar surface area (TPSA) is 39.1 Å². The molecule has 0 radical (unpaired) electrons.